The van der Waals surface area contributed by atoms with Crippen molar-refractivity contribution < 1.29 is 18.0 Å². The lowest BCUT2D eigenvalue weighted by Crippen LogP contribution is -2.03. The van der Waals surface area contributed by atoms with Gasteiger partial charge in [0.15, 0.2) is 0 Å². The smallest absolute Gasteiger partial charge is 0.276 e. The Hall–Kier alpha value is -1.10. The zero-order valence-corrected chi connectivity index (χ0v) is 7.78. The van der Waals surface area contributed by atoms with Crippen molar-refractivity contribution in [3.63, 3.8) is 0 Å². The number of nitrogens with zero attached hydrogens (tertiary/aromatic N) is 1. The predicted octanol–water partition coefficient (Wildman–Crippen LogP) is 2.85. The molecule has 0 atom stereocenters. The van der Waals surface area contributed by atoms with Crippen LogP contribution in [0.25, 0.3) is 0 Å². The molecule has 0 aliphatic carbocycles. The fourth-order valence-corrected chi connectivity index (χ4v) is 1.11. The average Bonchev–Trinajstić information content (AvgIpc) is 2.08. The van der Waals surface area contributed by atoms with Crippen LogP contribution in [0.4, 0.5) is 13.2 Å². The minimum atomic E-state index is -2.93. The van der Waals surface area contributed by atoms with Crippen molar-refractivity contribution in [2.45, 2.75) is 13.3 Å². The Morgan fingerprint density at radius 3 is 2.57 bits per heavy atom. The number of pyridine rings is 1. The van der Waals surface area contributed by atoms with Crippen molar-refractivity contribution in [2.75, 3.05) is 0 Å². The van der Waals surface area contributed by atoms with Gasteiger partial charge in [-0.25, -0.2) is 13.8 Å². The van der Waals surface area contributed by atoms with Gasteiger partial charge in [-0.1, -0.05) is 0 Å². The van der Waals surface area contributed by atoms with E-state index < -0.39 is 23.3 Å². The first-order chi connectivity index (χ1) is 6.43. The van der Waals surface area contributed by atoms with Gasteiger partial charge in [-0.2, -0.15) is 4.39 Å². The second kappa shape index (κ2) is 3.96. The molecule has 0 aromatic carbocycles. The summed E-state index contributed by atoms with van der Waals surface area (Å²) in [5, 5.41) is -0.981. The monoisotopic (exact) mass is 223 g/mol. The molecule has 1 rings (SSSR count). The van der Waals surface area contributed by atoms with E-state index in [2.05, 4.69) is 4.98 Å². The number of hydrogen-bond acceptors (Lipinski definition) is 2. The van der Waals surface area contributed by atoms with Crippen LogP contribution in [-0.4, -0.2) is 10.2 Å². The van der Waals surface area contributed by atoms with Crippen LogP contribution in [0.5, 0.6) is 0 Å². The van der Waals surface area contributed by atoms with Crippen molar-refractivity contribution in [1.82, 2.24) is 4.98 Å². The van der Waals surface area contributed by atoms with Gasteiger partial charge in [0.2, 0.25) is 5.95 Å². The highest BCUT2D eigenvalue weighted by Gasteiger charge is 2.17. The third kappa shape index (κ3) is 2.04. The second-order valence-electron chi connectivity index (χ2n) is 2.58. The van der Waals surface area contributed by atoms with E-state index in [1.54, 1.807) is 0 Å². The molecule has 0 saturated carbocycles. The maximum Gasteiger partial charge on any atom is 0.280 e. The van der Waals surface area contributed by atoms with Crippen LogP contribution >= 0.6 is 11.6 Å². The van der Waals surface area contributed by atoms with Gasteiger partial charge in [-0.3, -0.25) is 4.79 Å². The van der Waals surface area contributed by atoms with Crippen LogP contribution in [0.2, 0.25) is 0 Å². The van der Waals surface area contributed by atoms with Crippen molar-refractivity contribution in [2.24, 2.45) is 0 Å². The lowest BCUT2D eigenvalue weighted by Gasteiger charge is -2.04. The van der Waals surface area contributed by atoms with Crippen LogP contribution in [0.1, 0.15) is 28.0 Å². The summed E-state index contributed by atoms with van der Waals surface area (Å²) in [5.41, 5.74) is -1.21. The summed E-state index contributed by atoms with van der Waals surface area (Å²) in [6.45, 7) is 1.24. The molecular formula is C8H5ClF3NO. The van der Waals surface area contributed by atoms with Crippen LogP contribution in [0, 0.1) is 12.9 Å². The maximum atomic E-state index is 12.9. The van der Waals surface area contributed by atoms with Crippen LogP contribution < -0.4 is 0 Å². The highest BCUT2D eigenvalue weighted by molar-refractivity contribution is 6.67. The van der Waals surface area contributed by atoms with Crippen LogP contribution in [0.15, 0.2) is 6.07 Å². The second-order valence-corrected chi connectivity index (χ2v) is 2.93. The minimum absolute atomic E-state index is 0.130. The first-order valence-corrected chi connectivity index (χ1v) is 3.96. The molecule has 0 N–H and O–H groups in total. The lowest BCUT2D eigenvalue weighted by atomic mass is 10.1. The number of halogens is 4. The Morgan fingerprint density at radius 2 is 2.14 bits per heavy atom. The van der Waals surface area contributed by atoms with Crippen LogP contribution in [0.3, 0.4) is 0 Å². The molecule has 0 aliphatic heterocycles. The molecule has 14 heavy (non-hydrogen) atoms. The fourth-order valence-electron chi connectivity index (χ4n) is 0.913. The SMILES string of the molecule is Cc1c(C(=O)Cl)cc(C(F)F)nc1F. The van der Waals surface area contributed by atoms with Gasteiger partial charge in [0, 0.05) is 11.1 Å². The summed E-state index contributed by atoms with van der Waals surface area (Å²) in [6, 6.07) is 0.790. The van der Waals surface area contributed by atoms with E-state index in [-0.39, 0.29) is 11.1 Å². The zero-order chi connectivity index (χ0) is 10.9. The standard InChI is InChI=1S/C8H5ClF3NO/c1-3-4(6(9)14)2-5(7(10)11)13-8(3)12/h2,7H,1H3. The molecule has 0 fully saturated rings. The van der Waals surface area contributed by atoms with Crippen LogP contribution in [-0.2, 0) is 0 Å². The summed E-state index contributed by atoms with van der Waals surface area (Å²) in [5.74, 6) is -1.10. The fraction of sp³-hybridized carbons (Fsp3) is 0.250. The van der Waals surface area contributed by atoms with Gasteiger partial charge in [0.1, 0.15) is 5.69 Å². The Morgan fingerprint density at radius 1 is 1.57 bits per heavy atom. The van der Waals surface area contributed by atoms with Gasteiger partial charge in [-0.05, 0) is 24.6 Å². The molecule has 1 aromatic heterocycles. The van der Waals surface area contributed by atoms with E-state index in [1.807, 2.05) is 0 Å². The average molecular weight is 224 g/mol. The van der Waals surface area contributed by atoms with E-state index in [4.69, 9.17) is 11.6 Å². The van der Waals surface area contributed by atoms with Gasteiger partial charge in [-0.15, -0.1) is 0 Å². The van der Waals surface area contributed by atoms with Gasteiger partial charge >= 0.3 is 0 Å². The normalized spacial score (nSPS) is 10.7. The number of alkyl halides is 2. The molecule has 1 aromatic rings. The Balaban J connectivity index is 3.35. The first kappa shape index (κ1) is 11.0. The molecular weight excluding hydrogens is 219 g/mol. The Kier molecular flexibility index (Phi) is 3.10. The van der Waals surface area contributed by atoms with Crippen molar-refractivity contribution >= 4 is 16.8 Å². The molecule has 0 amide bonds. The molecule has 1 heterocycles. The number of hydrogen-bond donors (Lipinski definition) is 0. The van der Waals surface area contributed by atoms with Crippen molar-refractivity contribution in [3.8, 4) is 0 Å². The highest BCUT2D eigenvalue weighted by atomic mass is 35.5. The summed E-state index contributed by atoms with van der Waals surface area (Å²) < 4.78 is 37.2. The van der Waals surface area contributed by atoms with Gasteiger partial charge in [0.05, 0.1) is 0 Å². The summed E-state index contributed by atoms with van der Waals surface area (Å²) in [7, 11) is 0. The Labute approximate surface area is 82.7 Å². The minimum Gasteiger partial charge on any atom is -0.276 e. The maximum absolute atomic E-state index is 12.9. The third-order valence-electron chi connectivity index (χ3n) is 1.67. The molecule has 2 nitrogen and oxygen atoms in total. The highest BCUT2D eigenvalue weighted by Crippen LogP contribution is 2.21. The number of aromatic nitrogens is 1. The summed E-state index contributed by atoms with van der Waals surface area (Å²) in [6.07, 6.45) is -2.93. The molecule has 0 bridgehead atoms. The molecule has 0 unspecified atom stereocenters. The van der Waals surface area contributed by atoms with E-state index in [0.717, 1.165) is 6.07 Å². The topological polar surface area (TPSA) is 30.0 Å². The lowest BCUT2D eigenvalue weighted by molar-refractivity contribution is 0.107. The van der Waals surface area contributed by atoms with E-state index in [9.17, 15) is 18.0 Å². The largest absolute Gasteiger partial charge is 0.280 e. The molecule has 0 radical (unpaired) electrons. The molecule has 76 valence electrons. The Bertz CT molecular complexity index is 381. The first-order valence-electron chi connectivity index (χ1n) is 3.58. The van der Waals surface area contributed by atoms with Gasteiger partial charge < -0.3 is 0 Å². The number of carbonyl (C=O) groups excluding carboxylic acids is 1. The molecule has 0 aliphatic rings. The quantitative estimate of drug-likeness (QED) is 0.570. The van der Waals surface area contributed by atoms with Gasteiger partial charge in [0.25, 0.3) is 11.7 Å². The molecule has 0 spiro atoms. The number of carbonyl (C=O) groups is 1. The van der Waals surface area contributed by atoms with E-state index >= 15 is 0 Å². The molecule has 6 heteroatoms. The van der Waals surface area contributed by atoms with Crippen molar-refractivity contribution in [3.05, 3.63) is 28.8 Å². The predicted molar refractivity (Wildman–Crippen MR) is 44.1 cm³/mol. The summed E-state index contributed by atoms with van der Waals surface area (Å²) >= 11 is 5.08. The van der Waals surface area contributed by atoms with E-state index in [0.29, 0.717) is 0 Å². The van der Waals surface area contributed by atoms with Crippen molar-refractivity contribution in [1.29, 1.82) is 0 Å². The molecule has 0 saturated heterocycles. The summed E-state index contributed by atoms with van der Waals surface area (Å²) in [4.78, 5) is 13.7. The number of rotatable bonds is 2. The third-order valence-corrected chi connectivity index (χ3v) is 1.87. The van der Waals surface area contributed by atoms with E-state index in [1.165, 1.54) is 6.92 Å². The zero-order valence-electron chi connectivity index (χ0n) is 7.02.